The molecule has 0 saturated carbocycles. The Hall–Kier alpha value is -2.07. The van der Waals surface area contributed by atoms with Gasteiger partial charge < -0.3 is 9.84 Å². The van der Waals surface area contributed by atoms with Crippen molar-refractivity contribution in [3.8, 4) is 11.5 Å². The van der Waals surface area contributed by atoms with Crippen LogP contribution in [0.4, 0.5) is 0 Å². The van der Waals surface area contributed by atoms with E-state index < -0.39 is 5.97 Å². The molecule has 0 aliphatic carbocycles. The molecule has 2 rings (SSSR count). The SMILES string of the molecule is Cc1c(Oc2ccnc(Cl)c2)cccc1C(=O)O. The molecule has 1 heterocycles. The normalized spacial score (nSPS) is 10.1. The summed E-state index contributed by atoms with van der Waals surface area (Å²) in [6.45, 7) is 1.70. The van der Waals surface area contributed by atoms with E-state index in [0.29, 0.717) is 22.2 Å². The first-order valence-electron chi connectivity index (χ1n) is 5.20. The second-order valence-electron chi connectivity index (χ2n) is 3.65. The zero-order chi connectivity index (χ0) is 13.1. The Kier molecular flexibility index (Phi) is 3.48. The van der Waals surface area contributed by atoms with Crippen LogP contribution in [-0.4, -0.2) is 16.1 Å². The van der Waals surface area contributed by atoms with E-state index >= 15 is 0 Å². The fourth-order valence-electron chi connectivity index (χ4n) is 1.53. The number of hydrogen-bond donors (Lipinski definition) is 1. The minimum atomic E-state index is -0.981. The molecule has 92 valence electrons. The van der Waals surface area contributed by atoms with Gasteiger partial charge in [0.15, 0.2) is 0 Å². The van der Waals surface area contributed by atoms with Gasteiger partial charge in [-0.2, -0.15) is 0 Å². The van der Waals surface area contributed by atoms with Crippen LogP contribution in [0.1, 0.15) is 15.9 Å². The molecular weight excluding hydrogens is 254 g/mol. The highest BCUT2D eigenvalue weighted by molar-refractivity contribution is 6.29. The van der Waals surface area contributed by atoms with Crippen molar-refractivity contribution in [2.75, 3.05) is 0 Å². The van der Waals surface area contributed by atoms with Gasteiger partial charge >= 0.3 is 5.97 Å². The summed E-state index contributed by atoms with van der Waals surface area (Å²) >= 11 is 5.75. The van der Waals surface area contributed by atoms with E-state index in [1.165, 1.54) is 12.3 Å². The number of benzene rings is 1. The van der Waals surface area contributed by atoms with Gasteiger partial charge in [-0.3, -0.25) is 0 Å². The molecule has 0 aliphatic rings. The maximum atomic E-state index is 11.0. The molecule has 18 heavy (non-hydrogen) atoms. The van der Waals surface area contributed by atoms with Crippen molar-refractivity contribution in [2.45, 2.75) is 6.92 Å². The van der Waals surface area contributed by atoms with E-state index in [0.717, 1.165) is 0 Å². The Bertz CT molecular complexity index is 599. The Morgan fingerprint density at radius 2 is 2.17 bits per heavy atom. The summed E-state index contributed by atoms with van der Waals surface area (Å²) in [5.74, 6) is 0.0171. The van der Waals surface area contributed by atoms with Crippen LogP contribution in [-0.2, 0) is 0 Å². The molecule has 4 nitrogen and oxygen atoms in total. The molecule has 1 aromatic carbocycles. The van der Waals surface area contributed by atoms with Crippen molar-refractivity contribution in [2.24, 2.45) is 0 Å². The predicted molar refractivity (Wildman–Crippen MR) is 67.5 cm³/mol. The lowest BCUT2D eigenvalue weighted by atomic mass is 10.1. The lowest BCUT2D eigenvalue weighted by Crippen LogP contribution is -2.00. The first kappa shape index (κ1) is 12.4. The fraction of sp³-hybridized carbons (Fsp3) is 0.0769. The summed E-state index contributed by atoms with van der Waals surface area (Å²) in [6.07, 6.45) is 1.52. The van der Waals surface area contributed by atoms with Crippen LogP contribution in [0.15, 0.2) is 36.5 Å². The lowest BCUT2D eigenvalue weighted by Gasteiger charge is -2.10. The number of pyridine rings is 1. The van der Waals surface area contributed by atoms with Crippen LogP contribution in [0.5, 0.6) is 11.5 Å². The summed E-state index contributed by atoms with van der Waals surface area (Å²) in [5, 5.41) is 9.33. The number of aromatic nitrogens is 1. The molecule has 5 heteroatoms. The van der Waals surface area contributed by atoms with Gasteiger partial charge in [0.2, 0.25) is 0 Å². The maximum Gasteiger partial charge on any atom is 0.336 e. The molecule has 0 atom stereocenters. The van der Waals surface area contributed by atoms with E-state index in [9.17, 15) is 4.79 Å². The average molecular weight is 264 g/mol. The Labute approximate surface area is 109 Å². The number of aromatic carboxylic acids is 1. The van der Waals surface area contributed by atoms with Crippen molar-refractivity contribution in [1.29, 1.82) is 0 Å². The van der Waals surface area contributed by atoms with Crippen LogP contribution in [0.2, 0.25) is 5.15 Å². The topological polar surface area (TPSA) is 59.4 Å². The van der Waals surface area contributed by atoms with Crippen LogP contribution in [0.25, 0.3) is 0 Å². The number of carbonyl (C=O) groups is 1. The first-order chi connectivity index (χ1) is 8.58. The van der Waals surface area contributed by atoms with E-state index in [1.807, 2.05) is 0 Å². The largest absolute Gasteiger partial charge is 0.478 e. The Morgan fingerprint density at radius 3 is 2.83 bits per heavy atom. The van der Waals surface area contributed by atoms with Gasteiger partial charge in [-0.25, -0.2) is 9.78 Å². The first-order valence-corrected chi connectivity index (χ1v) is 5.58. The molecule has 0 spiro atoms. The highest BCUT2D eigenvalue weighted by atomic mass is 35.5. The van der Waals surface area contributed by atoms with Crippen LogP contribution in [0, 0.1) is 6.92 Å². The fourth-order valence-corrected chi connectivity index (χ4v) is 1.70. The number of nitrogens with zero attached hydrogens (tertiary/aromatic N) is 1. The molecule has 0 fully saturated rings. The third-order valence-corrected chi connectivity index (χ3v) is 2.65. The smallest absolute Gasteiger partial charge is 0.336 e. The van der Waals surface area contributed by atoms with Gasteiger partial charge in [-0.15, -0.1) is 0 Å². The van der Waals surface area contributed by atoms with Gasteiger partial charge in [0.25, 0.3) is 0 Å². The number of rotatable bonds is 3. The molecule has 0 saturated heterocycles. The monoisotopic (exact) mass is 263 g/mol. The van der Waals surface area contributed by atoms with Crippen molar-refractivity contribution in [3.63, 3.8) is 0 Å². The van der Waals surface area contributed by atoms with Gasteiger partial charge in [0.1, 0.15) is 16.7 Å². The van der Waals surface area contributed by atoms with Crippen LogP contribution >= 0.6 is 11.6 Å². The molecular formula is C13H10ClNO3. The second kappa shape index (κ2) is 5.06. The van der Waals surface area contributed by atoms with Gasteiger partial charge in [0.05, 0.1) is 5.56 Å². The summed E-state index contributed by atoms with van der Waals surface area (Å²) in [6, 6.07) is 8.09. The van der Waals surface area contributed by atoms with Gasteiger partial charge in [-0.1, -0.05) is 17.7 Å². The molecule has 0 radical (unpaired) electrons. The maximum absolute atomic E-state index is 11.0. The number of carboxylic acid groups (broad SMARTS) is 1. The minimum absolute atomic E-state index is 0.215. The van der Waals surface area contributed by atoms with E-state index in [-0.39, 0.29) is 5.56 Å². The third kappa shape index (κ3) is 2.60. The minimum Gasteiger partial charge on any atom is -0.478 e. The summed E-state index contributed by atoms with van der Waals surface area (Å²) in [7, 11) is 0. The number of hydrogen-bond acceptors (Lipinski definition) is 3. The van der Waals surface area contributed by atoms with E-state index in [1.54, 1.807) is 31.2 Å². The van der Waals surface area contributed by atoms with E-state index in [4.69, 9.17) is 21.4 Å². The Balaban J connectivity index is 2.35. The molecule has 0 unspecified atom stereocenters. The number of carboxylic acids is 1. The summed E-state index contributed by atoms with van der Waals surface area (Å²) in [4.78, 5) is 14.8. The van der Waals surface area contributed by atoms with Crippen molar-refractivity contribution in [1.82, 2.24) is 4.98 Å². The Morgan fingerprint density at radius 1 is 1.39 bits per heavy atom. The lowest BCUT2D eigenvalue weighted by molar-refractivity contribution is 0.0695. The molecule has 1 aromatic heterocycles. The summed E-state index contributed by atoms with van der Waals surface area (Å²) in [5.41, 5.74) is 0.783. The standard InChI is InChI=1S/C13H10ClNO3/c1-8-10(13(16)17)3-2-4-11(8)18-9-5-6-15-12(14)7-9/h2-7H,1H3,(H,16,17). The number of halogens is 1. The zero-order valence-electron chi connectivity index (χ0n) is 9.55. The molecule has 1 N–H and O–H groups in total. The highest BCUT2D eigenvalue weighted by Gasteiger charge is 2.11. The van der Waals surface area contributed by atoms with Crippen molar-refractivity contribution in [3.05, 3.63) is 52.8 Å². The van der Waals surface area contributed by atoms with Crippen LogP contribution in [0.3, 0.4) is 0 Å². The number of ether oxygens (including phenoxy) is 1. The van der Waals surface area contributed by atoms with E-state index in [2.05, 4.69) is 4.98 Å². The second-order valence-corrected chi connectivity index (χ2v) is 4.04. The highest BCUT2D eigenvalue weighted by Crippen LogP contribution is 2.27. The summed E-state index contributed by atoms with van der Waals surface area (Å²) < 4.78 is 5.59. The average Bonchev–Trinajstić information content (AvgIpc) is 2.31. The van der Waals surface area contributed by atoms with Crippen molar-refractivity contribution < 1.29 is 14.6 Å². The zero-order valence-corrected chi connectivity index (χ0v) is 10.3. The van der Waals surface area contributed by atoms with Gasteiger partial charge in [-0.05, 0) is 25.1 Å². The molecule has 2 aromatic rings. The van der Waals surface area contributed by atoms with Crippen molar-refractivity contribution >= 4 is 17.6 Å². The quantitative estimate of drug-likeness (QED) is 0.861. The molecule has 0 amide bonds. The van der Waals surface area contributed by atoms with Gasteiger partial charge in [0, 0.05) is 17.8 Å². The molecule has 0 bridgehead atoms. The predicted octanol–water partition coefficient (Wildman–Crippen LogP) is 3.53. The third-order valence-electron chi connectivity index (χ3n) is 2.44. The molecule has 0 aliphatic heterocycles. The van der Waals surface area contributed by atoms with Crippen LogP contribution < -0.4 is 4.74 Å².